The quantitative estimate of drug-likeness (QED) is 0.243. The van der Waals surface area contributed by atoms with Gasteiger partial charge >= 0.3 is 15.2 Å². The number of rotatable bonds is 9. The number of nitrogens with one attached hydrogen (secondary N) is 1. The lowest BCUT2D eigenvalue weighted by Crippen LogP contribution is -2.29. The Hall–Kier alpha value is -2.91. The molecule has 13 heteroatoms. The van der Waals surface area contributed by atoms with Crippen LogP contribution in [-0.2, 0) is 13.9 Å². The highest BCUT2D eigenvalue weighted by Crippen LogP contribution is 2.37. The van der Waals surface area contributed by atoms with E-state index in [1.165, 1.54) is 18.0 Å². The average molecular weight is 521 g/mol. The largest absolute Gasteiger partial charge is 0.370 e. The van der Waals surface area contributed by atoms with Gasteiger partial charge in [-0.25, -0.2) is 4.99 Å². The number of aliphatic imine (C=N–C) groups is 1. The Labute approximate surface area is 201 Å². The summed E-state index contributed by atoms with van der Waals surface area (Å²) in [5.74, 6) is -0.932. The van der Waals surface area contributed by atoms with E-state index in [1.807, 2.05) is 0 Å². The van der Waals surface area contributed by atoms with Crippen LogP contribution in [0.3, 0.4) is 0 Å². The molecule has 0 unspecified atom stereocenters. The Kier molecular flexibility index (Phi) is 8.22. The molecule has 5 N–H and O–H groups in total. The lowest BCUT2D eigenvalue weighted by Gasteiger charge is -2.25. The third-order valence-electron chi connectivity index (χ3n) is 5.23. The van der Waals surface area contributed by atoms with E-state index in [-0.39, 0.29) is 18.7 Å². The molecular formula is C22H25N3O8P2. The maximum atomic E-state index is 12.7. The highest BCUT2D eigenvalue weighted by Gasteiger charge is 2.28. The van der Waals surface area contributed by atoms with Crippen LogP contribution in [0.2, 0.25) is 0 Å². The second-order valence-corrected chi connectivity index (χ2v) is 11.3. The molecule has 0 fully saturated rings. The molecule has 35 heavy (non-hydrogen) atoms. The van der Waals surface area contributed by atoms with Gasteiger partial charge in [-0.05, 0) is 30.3 Å². The molecule has 0 radical (unpaired) electrons. The minimum Gasteiger partial charge on any atom is -0.370 e. The normalized spacial score (nSPS) is 14.9. The summed E-state index contributed by atoms with van der Waals surface area (Å²) in [6.45, 7) is -0.211. The van der Waals surface area contributed by atoms with E-state index >= 15 is 0 Å². The minimum atomic E-state index is -4.32. The summed E-state index contributed by atoms with van der Waals surface area (Å²) in [4.78, 5) is 67.7. The van der Waals surface area contributed by atoms with Crippen molar-refractivity contribution in [3.05, 3.63) is 71.3 Å². The number of likely N-dealkylation sites (N-methyl/N-ethyl adjacent to an activating group) is 1. The van der Waals surface area contributed by atoms with Gasteiger partial charge in [0.1, 0.15) is 0 Å². The van der Waals surface area contributed by atoms with Gasteiger partial charge in [-0.2, -0.15) is 0 Å². The van der Waals surface area contributed by atoms with Crippen LogP contribution in [0.4, 0.5) is 11.4 Å². The number of hydrogen-bond donors (Lipinski definition) is 5. The molecule has 0 saturated heterocycles. The van der Waals surface area contributed by atoms with Crippen LogP contribution in [0.25, 0.3) is 0 Å². The smallest absolute Gasteiger partial charge is 0.327 e. The number of anilines is 1. The second-order valence-electron chi connectivity index (χ2n) is 7.79. The summed E-state index contributed by atoms with van der Waals surface area (Å²) in [5.41, 5.74) is 2.26. The molecular weight excluding hydrogens is 496 g/mol. The second kappa shape index (κ2) is 10.8. The number of amides is 1. The molecule has 2 aromatic carbocycles. The number of ketones is 1. The van der Waals surface area contributed by atoms with E-state index in [4.69, 9.17) is 0 Å². The Morgan fingerprint density at radius 2 is 1.46 bits per heavy atom. The number of allylic oxidation sites excluding steroid dienone is 1. The standard InChI is InChI=1S/C22H25N3O8P2/c1-23-22(27)19-14-20(17-4-2-3-5-18(17)21(19)26)24-15-6-8-16(9-7-15)25(10-12-34(28,29)30)11-13-35(31,32)33/h2-9,14H,10-13H2,1H3,(H,23,27)(H2,28,29,30)(H2,31,32,33). The maximum Gasteiger partial charge on any atom is 0.327 e. The summed E-state index contributed by atoms with van der Waals surface area (Å²) in [6, 6.07) is 13.3. The van der Waals surface area contributed by atoms with Gasteiger partial charge in [-0.1, -0.05) is 24.3 Å². The van der Waals surface area contributed by atoms with Crippen molar-refractivity contribution >= 4 is 44.0 Å². The molecule has 0 saturated carbocycles. The Morgan fingerprint density at radius 3 is 1.97 bits per heavy atom. The van der Waals surface area contributed by atoms with Gasteiger partial charge in [0.25, 0.3) is 5.91 Å². The molecule has 11 nitrogen and oxygen atoms in total. The molecule has 3 rings (SSSR count). The number of fused-ring (bicyclic) bond motifs is 1. The monoisotopic (exact) mass is 521 g/mol. The first kappa shape index (κ1) is 26.7. The Balaban J connectivity index is 1.93. The van der Waals surface area contributed by atoms with E-state index in [0.29, 0.717) is 28.2 Å². The molecule has 0 aliphatic heterocycles. The van der Waals surface area contributed by atoms with Crippen molar-refractivity contribution in [3.8, 4) is 0 Å². The van der Waals surface area contributed by atoms with Crippen LogP contribution in [-0.4, -0.2) is 69.4 Å². The van der Waals surface area contributed by atoms with Crippen molar-refractivity contribution in [2.75, 3.05) is 37.4 Å². The van der Waals surface area contributed by atoms with Gasteiger partial charge in [0.2, 0.25) is 0 Å². The Bertz CT molecular complexity index is 1250. The number of carbonyl (C=O) groups excluding carboxylic acids is 2. The first-order valence-corrected chi connectivity index (χ1v) is 14.1. The molecule has 0 spiro atoms. The van der Waals surface area contributed by atoms with Crippen LogP contribution in [0.1, 0.15) is 15.9 Å². The van der Waals surface area contributed by atoms with Crippen molar-refractivity contribution in [2.45, 2.75) is 0 Å². The first-order valence-electron chi connectivity index (χ1n) is 10.5. The third-order valence-corrected chi connectivity index (χ3v) is 6.80. The third kappa shape index (κ3) is 7.29. The fraction of sp³-hybridized carbons (Fsp3) is 0.227. The zero-order chi connectivity index (χ0) is 25.8. The fourth-order valence-electron chi connectivity index (χ4n) is 3.47. The number of carbonyl (C=O) groups is 2. The number of nitrogens with zero attached hydrogens (tertiary/aromatic N) is 2. The van der Waals surface area contributed by atoms with Crippen molar-refractivity contribution in [3.63, 3.8) is 0 Å². The molecule has 0 aromatic heterocycles. The van der Waals surface area contributed by atoms with Crippen molar-refractivity contribution in [2.24, 2.45) is 4.99 Å². The minimum absolute atomic E-state index is 0.0392. The molecule has 1 aliphatic carbocycles. The molecule has 0 heterocycles. The van der Waals surface area contributed by atoms with Crippen LogP contribution in [0.5, 0.6) is 0 Å². The number of benzene rings is 2. The van der Waals surface area contributed by atoms with Gasteiger partial charge in [-0.3, -0.25) is 18.7 Å². The van der Waals surface area contributed by atoms with Gasteiger partial charge < -0.3 is 29.8 Å². The summed E-state index contributed by atoms with van der Waals surface area (Å²) >= 11 is 0. The van der Waals surface area contributed by atoms with Gasteiger partial charge in [0.15, 0.2) is 5.78 Å². The van der Waals surface area contributed by atoms with Crippen LogP contribution < -0.4 is 10.2 Å². The van der Waals surface area contributed by atoms with E-state index in [9.17, 15) is 38.3 Å². The predicted molar refractivity (Wildman–Crippen MR) is 132 cm³/mol. The number of Topliss-reactive ketones (excluding diaryl/α,β-unsaturated/α-hetero) is 1. The topological polar surface area (TPSA) is 177 Å². The molecule has 0 bridgehead atoms. The summed E-state index contributed by atoms with van der Waals surface area (Å²) in [5, 5.41) is 2.45. The molecule has 1 aliphatic rings. The predicted octanol–water partition coefficient (Wildman–Crippen LogP) is 1.84. The molecule has 186 valence electrons. The lowest BCUT2D eigenvalue weighted by atomic mass is 9.88. The fourth-order valence-corrected chi connectivity index (χ4v) is 4.48. The Morgan fingerprint density at radius 1 is 0.914 bits per heavy atom. The van der Waals surface area contributed by atoms with Crippen LogP contribution in [0, 0.1) is 0 Å². The molecule has 2 aromatic rings. The summed E-state index contributed by atoms with van der Waals surface area (Å²) < 4.78 is 22.6. The van der Waals surface area contributed by atoms with Gasteiger partial charge in [0.05, 0.1) is 29.3 Å². The van der Waals surface area contributed by atoms with E-state index < -0.39 is 39.2 Å². The van der Waals surface area contributed by atoms with Crippen LogP contribution in [0.15, 0.2) is 65.2 Å². The van der Waals surface area contributed by atoms with Crippen molar-refractivity contribution < 1.29 is 38.3 Å². The van der Waals surface area contributed by atoms with Crippen LogP contribution >= 0.6 is 15.2 Å². The lowest BCUT2D eigenvalue weighted by molar-refractivity contribution is -0.116. The van der Waals surface area contributed by atoms with Gasteiger partial charge in [-0.15, -0.1) is 0 Å². The zero-order valence-corrected chi connectivity index (χ0v) is 20.5. The number of hydrogen-bond acceptors (Lipinski definition) is 6. The molecule has 0 atom stereocenters. The zero-order valence-electron chi connectivity index (χ0n) is 18.7. The highest BCUT2D eigenvalue weighted by molar-refractivity contribution is 7.52. The van der Waals surface area contributed by atoms with Crippen molar-refractivity contribution in [1.29, 1.82) is 0 Å². The first-order chi connectivity index (χ1) is 16.4. The van der Waals surface area contributed by atoms with E-state index in [0.717, 1.165) is 0 Å². The summed E-state index contributed by atoms with van der Waals surface area (Å²) in [6.07, 6.45) is 0.468. The highest BCUT2D eigenvalue weighted by atomic mass is 31.2. The maximum absolute atomic E-state index is 12.7. The summed E-state index contributed by atoms with van der Waals surface area (Å²) in [7, 11) is -7.20. The average Bonchev–Trinajstić information content (AvgIpc) is 2.80. The van der Waals surface area contributed by atoms with Crippen molar-refractivity contribution in [1.82, 2.24) is 5.32 Å². The molecule has 1 amide bonds. The SMILES string of the molecule is CNC(=O)C1=CC(=Nc2ccc(N(CCP(=O)(O)O)CCP(=O)(O)O)cc2)c2ccccc2C1=O. The van der Waals surface area contributed by atoms with E-state index in [1.54, 1.807) is 48.5 Å². The van der Waals surface area contributed by atoms with E-state index in [2.05, 4.69) is 10.3 Å². The van der Waals surface area contributed by atoms with Gasteiger partial charge in [0, 0.05) is 37.0 Å².